The van der Waals surface area contributed by atoms with E-state index in [4.69, 9.17) is 5.26 Å². The number of aromatic amines is 1. The highest BCUT2D eigenvalue weighted by Crippen LogP contribution is 2.28. The number of hydrogen-bond acceptors (Lipinski definition) is 5. The number of aliphatic hydroxyl groups excluding tert-OH is 1. The van der Waals surface area contributed by atoms with Gasteiger partial charge in [-0.2, -0.15) is 10.4 Å². The molecule has 2 N–H and O–H groups in total. The molecule has 0 radical (unpaired) electrons. The fraction of sp³-hybridized carbons (Fsp3) is 0.412. The van der Waals surface area contributed by atoms with Gasteiger partial charge in [-0.05, 0) is 18.9 Å². The Kier molecular flexibility index (Phi) is 4.87. The summed E-state index contributed by atoms with van der Waals surface area (Å²) in [6, 6.07) is 3.72. The zero-order valence-corrected chi connectivity index (χ0v) is 13.6. The molecular formula is C17H20N6O. The molecule has 0 aromatic carbocycles. The van der Waals surface area contributed by atoms with Gasteiger partial charge in [0.1, 0.15) is 12.0 Å². The summed E-state index contributed by atoms with van der Waals surface area (Å²) in [5.74, 6) is 0.315. The lowest BCUT2D eigenvalue weighted by Gasteiger charge is -2.13. The maximum atomic E-state index is 9.92. The monoisotopic (exact) mass is 324 g/mol. The fourth-order valence-electron chi connectivity index (χ4n) is 3.16. The minimum Gasteiger partial charge on any atom is -0.393 e. The zero-order valence-electron chi connectivity index (χ0n) is 13.6. The molecule has 1 aliphatic rings. The number of rotatable bonds is 3. The summed E-state index contributed by atoms with van der Waals surface area (Å²) in [6.07, 6.45) is 10.2. The van der Waals surface area contributed by atoms with Crippen LogP contribution in [0.15, 0.2) is 31.0 Å². The van der Waals surface area contributed by atoms with Crippen molar-refractivity contribution >= 4 is 11.0 Å². The summed E-state index contributed by atoms with van der Waals surface area (Å²) in [5.41, 5.74) is 2.70. The molecule has 0 amide bonds. The van der Waals surface area contributed by atoms with Crippen molar-refractivity contribution < 1.29 is 5.11 Å². The van der Waals surface area contributed by atoms with Crippen molar-refractivity contribution in [1.29, 1.82) is 5.26 Å². The van der Waals surface area contributed by atoms with E-state index in [1.54, 1.807) is 12.4 Å². The molecule has 3 heterocycles. The smallest absolute Gasteiger partial charge is 0.141 e. The van der Waals surface area contributed by atoms with Gasteiger partial charge in [-0.1, -0.05) is 6.42 Å². The number of hydrogen-bond donors (Lipinski definition) is 2. The predicted octanol–water partition coefficient (Wildman–Crippen LogP) is 2.51. The van der Waals surface area contributed by atoms with Gasteiger partial charge in [0.15, 0.2) is 0 Å². The van der Waals surface area contributed by atoms with Gasteiger partial charge in [-0.3, -0.25) is 4.68 Å². The molecule has 3 aromatic heterocycles. The minimum atomic E-state index is -0.187. The second-order valence-electron chi connectivity index (χ2n) is 5.90. The molecule has 24 heavy (non-hydrogen) atoms. The molecule has 0 spiro atoms. The second kappa shape index (κ2) is 7.23. The van der Waals surface area contributed by atoms with Gasteiger partial charge >= 0.3 is 0 Å². The topological polar surface area (TPSA) is 103 Å². The van der Waals surface area contributed by atoms with E-state index in [0.717, 1.165) is 48.1 Å². The number of nitriles is 1. The van der Waals surface area contributed by atoms with Crippen LogP contribution in [0.5, 0.6) is 0 Å². The molecule has 1 aliphatic carbocycles. The van der Waals surface area contributed by atoms with E-state index in [-0.39, 0.29) is 6.10 Å². The molecule has 124 valence electrons. The number of nitrogens with one attached hydrogen (secondary N) is 1. The lowest BCUT2D eigenvalue weighted by Crippen LogP contribution is -2.19. The van der Waals surface area contributed by atoms with Crippen LogP contribution < -0.4 is 0 Å². The van der Waals surface area contributed by atoms with E-state index in [1.807, 2.05) is 29.3 Å². The van der Waals surface area contributed by atoms with Crippen LogP contribution in [-0.2, 0) is 6.54 Å². The van der Waals surface area contributed by atoms with Crippen molar-refractivity contribution in [3.8, 4) is 17.3 Å². The van der Waals surface area contributed by atoms with Crippen LogP contribution in [0.25, 0.3) is 22.3 Å². The average molecular weight is 324 g/mol. The van der Waals surface area contributed by atoms with Gasteiger partial charge in [-0.25, -0.2) is 9.97 Å². The lowest BCUT2D eigenvalue weighted by atomic mass is 10.1. The van der Waals surface area contributed by atoms with E-state index >= 15 is 0 Å². The Bertz CT molecular complexity index is 846. The molecule has 2 atom stereocenters. The molecule has 7 nitrogen and oxygen atoms in total. The quantitative estimate of drug-likeness (QED) is 0.770. The Morgan fingerprint density at radius 3 is 3.00 bits per heavy atom. The second-order valence-corrected chi connectivity index (χ2v) is 5.90. The largest absolute Gasteiger partial charge is 0.393 e. The van der Waals surface area contributed by atoms with Crippen LogP contribution in [0.1, 0.15) is 26.2 Å². The SMILES string of the molecule is CC#N.O[C@@H]1CCC[C@@H]1Cn1cc(-c2ncnc3[nH]ccc23)cn1. The predicted molar refractivity (Wildman–Crippen MR) is 89.7 cm³/mol. The summed E-state index contributed by atoms with van der Waals surface area (Å²) in [4.78, 5) is 11.7. The van der Waals surface area contributed by atoms with Crippen molar-refractivity contribution in [1.82, 2.24) is 24.7 Å². The Labute approximate surface area is 140 Å². The first kappa shape index (κ1) is 16.1. The summed E-state index contributed by atoms with van der Waals surface area (Å²) in [7, 11) is 0. The Morgan fingerprint density at radius 1 is 1.42 bits per heavy atom. The first-order chi connectivity index (χ1) is 11.7. The molecule has 0 unspecified atom stereocenters. The number of aromatic nitrogens is 5. The fourth-order valence-corrected chi connectivity index (χ4v) is 3.16. The van der Waals surface area contributed by atoms with Gasteiger partial charge in [0.05, 0.1) is 24.1 Å². The maximum absolute atomic E-state index is 9.92. The normalized spacial score (nSPS) is 19.7. The first-order valence-corrected chi connectivity index (χ1v) is 8.02. The van der Waals surface area contributed by atoms with Crippen molar-refractivity contribution in [3.63, 3.8) is 0 Å². The highest BCUT2D eigenvalue weighted by molar-refractivity contribution is 5.89. The molecule has 3 aromatic rings. The Morgan fingerprint density at radius 2 is 2.25 bits per heavy atom. The molecule has 4 rings (SSSR count). The van der Waals surface area contributed by atoms with Crippen LogP contribution in [-0.4, -0.2) is 35.9 Å². The molecule has 1 fully saturated rings. The first-order valence-electron chi connectivity index (χ1n) is 8.02. The van der Waals surface area contributed by atoms with E-state index < -0.39 is 0 Å². The Hall–Kier alpha value is -2.72. The summed E-state index contributed by atoms with van der Waals surface area (Å²) in [6.45, 7) is 2.20. The third-order valence-electron chi connectivity index (χ3n) is 4.30. The van der Waals surface area contributed by atoms with Crippen molar-refractivity contribution in [3.05, 3.63) is 31.0 Å². The average Bonchev–Trinajstić information content (AvgIpc) is 3.30. The van der Waals surface area contributed by atoms with Crippen molar-refractivity contribution in [2.45, 2.75) is 38.8 Å². The van der Waals surface area contributed by atoms with E-state index in [0.29, 0.717) is 5.92 Å². The lowest BCUT2D eigenvalue weighted by molar-refractivity contribution is 0.121. The zero-order chi connectivity index (χ0) is 16.9. The van der Waals surface area contributed by atoms with Crippen LogP contribution in [0.2, 0.25) is 0 Å². The summed E-state index contributed by atoms with van der Waals surface area (Å²) >= 11 is 0. The van der Waals surface area contributed by atoms with Gasteiger partial charge in [0, 0.05) is 42.7 Å². The van der Waals surface area contributed by atoms with E-state index in [9.17, 15) is 5.11 Å². The number of aliphatic hydroxyl groups is 1. The number of fused-ring (bicyclic) bond motifs is 1. The van der Waals surface area contributed by atoms with Crippen molar-refractivity contribution in [2.75, 3.05) is 0 Å². The number of nitrogens with zero attached hydrogens (tertiary/aromatic N) is 5. The van der Waals surface area contributed by atoms with Crippen LogP contribution in [0.3, 0.4) is 0 Å². The molecular weight excluding hydrogens is 304 g/mol. The van der Waals surface area contributed by atoms with Gasteiger partial charge in [-0.15, -0.1) is 0 Å². The van der Waals surface area contributed by atoms with E-state index in [2.05, 4.69) is 20.1 Å². The molecule has 0 bridgehead atoms. The highest BCUT2D eigenvalue weighted by atomic mass is 16.3. The van der Waals surface area contributed by atoms with E-state index in [1.165, 1.54) is 6.92 Å². The highest BCUT2D eigenvalue weighted by Gasteiger charge is 2.25. The molecule has 0 saturated heterocycles. The van der Waals surface area contributed by atoms with Crippen LogP contribution in [0.4, 0.5) is 0 Å². The van der Waals surface area contributed by atoms with Gasteiger partial charge in [0.2, 0.25) is 0 Å². The third-order valence-corrected chi connectivity index (χ3v) is 4.30. The number of H-pyrrole nitrogens is 1. The Balaban J connectivity index is 0.000000526. The molecule has 7 heteroatoms. The van der Waals surface area contributed by atoms with Gasteiger partial charge < -0.3 is 10.1 Å². The summed E-state index contributed by atoms with van der Waals surface area (Å²) in [5, 5.41) is 22.7. The van der Waals surface area contributed by atoms with Gasteiger partial charge in [0.25, 0.3) is 0 Å². The standard InChI is InChI=1S/C15H17N5O.C2H3N/c21-13-3-1-2-10(13)7-20-8-11(6-19-20)14-12-4-5-16-15(12)18-9-17-14;1-2-3/h4-6,8-10,13,21H,1-3,7H2,(H,16,17,18);1H3/t10-,13-;/m1./s1. The minimum absolute atomic E-state index is 0.187. The van der Waals surface area contributed by atoms with Crippen LogP contribution in [0, 0.1) is 17.2 Å². The maximum Gasteiger partial charge on any atom is 0.141 e. The summed E-state index contributed by atoms with van der Waals surface area (Å²) < 4.78 is 1.91. The molecule has 1 saturated carbocycles. The molecule has 0 aliphatic heterocycles. The van der Waals surface area contributed by atoms with Crippen molar-refractivity contribution in [2.24, 2.45) is 5.92 Å². The third kappa shape index (κ3) is 3.29. The van der Waals surface area contributed by atoms with Crippen LogP contribution >= 0.6 is 0 Å².